The van der Waals surface area contributed by atoms with E-state index in [-0.39, 0.29) is 40.5 Å². The summed E-state index contributed by atoms with van der Waals surface area (Å²) in [7, 11) is -2.84. The van der Waals surface area contributed by atoms with Crippen molar-refractivity contribution >= 4 is 39.1 Å². The Kier molecular flexibility index (Phi) is 11.8. The van der Waals surface area contributed by atoms with Crippen molar-refractivity contribution < 1.29 is 27.1 Å². The fourth-order valence-corrected chi connectivity index (χ4v) is 6.41. The Hall–Kier alpha value is -4.41. The van der Waals surface area contributed by atoms with Crippen molar-refractivity contribution in [2.24, 2.45) is 0 Å². The van der Waals surface area contributed by atoms with Crippen LogP contribution in [0.2, 0.25) is 5.02 Å². The number of amides is 2. The predicted molar refractivity (Wildman–Crippen MR) is 178 cm³/mol. The minimum Gasteiger partial charge on any atom is -0.497 e. The smallest absolute Gasteiger partial charge is 0.264 e. The number of nitrogens with zero attached hydrogens (tertiary/aromatic N) is 2. The molecule has 0 aromatic heterocycles. The van der Waals surface area contributed by atoms with Crippen LogP contribution in [0.3, 0.4) is 0 Å². The van der Waals surface area contributed by atoms with E-state index in [9.17, 15) is 22.4 Å². The van der Waals surface area contributed by atoms with Crippen molar-refractivity contribution in [3.05, 3.63) is 125 Å². The zero-order valence-corrected chi connectivity index (χ0v) is 27.5. The molecule has 0 radical (unpaired) electrons. The summed E-state index contributed by atoms with van der Waals surface area (Å²) in [6, 6.07) is 25.7. The van der Waals surface area contributed by atoms with Gasteiger partial charge in [0.25, 0.3) is 10.0 Å². The van der Waals surface area contributed by atoms with Gasteiger partial charge in [0.1, 0.15) is 24.2 Å². The van der Waals surface area contributed by atoms with Crippen molar-refractivity contribution in [3.63, 3.8) is 0 Å². The van der Waals surface area contributed by atoms with Gasteiger partial charge in [-0.1, -0.05) is 67.1 Å². The summed E-state index contributed by atoms with van der Waals surface area (Å²) < 4.78 is 48.3. The number of methoxy groups -OCH3 is 1. The second-order valence-electron chi connectivity index (χ2n) is 10.8. The number of hydrogen-bond donors (Lipinski definition) is 1. The number of anilines is 1. The van der Waals surface area contributed by atoms with Gasteiger partial charge in [0.2, 0.25) is 11.8 Å². The zero-order chi connectivity index (χ0) is 33.3. The van der Waals surface area contributed by atoms with Crippen molar-refractivity contribution in [3.8, 4) is 5.75 Å². The first kappa shape index (κ1) is 34.5. The van der Waals surface area contributed by atoms with Crippen LogP contribution < -0.4 is 14.4 Å². The van der Waals surface area contributed by atoms with Crippen LogP contribution in [0.1, 0.15) is 31.4 Å². The first-order chi connectivity index (χ1) is 22.0. The number of carbonyl (C=O) groups is 2. The van der Waals surface area contributed by atoms with Gasteiger partial charge < -0.3 is 15.0 Å². The lowest BCUT2D eigenvalue weighted by Crippen LogP contribution is -2.54. The van der Waals surface area contributed by atoms with E-state index in [0.29, 0.717) is 17.7 Å². The molecule has 46 heavy (non-hydrogen) atoms. The molecule has 2 atom stereocenters. The summed E-state index contributed by atoms with van der Waals surface area (Å²) in [5.74, 6) is -1.01. The van der Waals surface area contributed by atoms with Crippen LogP contribution in [0.15, 0.2) is 108 Å². The predicted octanol–water partition coefficient (Wildman–Crippen LogP) is 6.24. The second-order valence-corrected chi connectivity index (χ2v) is 13.1. The molecule has 4 aromatic carbocycles. The first-order valence-electron chi connectivity index (χ1n) is 14.8. The molecule has 0 aliphatic carbocycles. The lowest BCUT2D eigenvalue weighted by Gasteiger charge is -2.34. The number of sulfonamides is 1. The number of nitrogens with one attached hydrogen (secondary N) is 1. The lowest BCUT2D eigenvalue weighted by molar-refractivity contribution is -0.140. The molecule has 2 amide bonds. The molecule has 242 valence electrons. The van der Waals surface area contributed by atoms with Crippen molar-refractivity contribution in [2.45, 2.75) is 50.2 Å². The van der Waals surface area contributed by atoms with Crippen LogP contribution in [-0.2, 0) is 32.6 Å². The number of carbonyl (C=O) groups excluding carboxylic acids is 2. The average Bonchev–Trinajstić information content (AvgIpc) is 3.06. The van der Waals surface area contributed by atoms with E-state index in [0.717, 1.165) is 9.87 Å². The van der Waals surface area contributed by atoms with Gasteiger partial charge in [-0.15, -0.1) is 0 Å². The highest BCUT2D eigenvalue weighted by molar-refractivity contribution is 7.92. The minimum atomic E-state index is -4.31. The van der Waals surface area contributed by atoms with Gasteiger partial charge in [0.15, 0.2) is 0 Å². The Morgan fingerprint density at radius 1 is 0.913 bits per heavy atom. The Labute approximate surface area is 274 Å². The second kappa shape index (κ2) is 15.7. The highest BCUT2D eigenvalue weighted by Crippen LogP contribution is 2.28. The fourth-order valence-electron chi connectivity index (χ4n) is 4.82. The number of rotatable bonds is 14. The van der Waals surface area contributed by atoms with Crippen LogP contribution >= 0.6 is 11.6 Å². The molecular weight excluding hydrogens is 629 g/mol. The molecule has 4 aromatic rings. The van der Waals surface area contributed by atoms with Gasteiger partial charge >= 0.3 is 0 Å². The van der Waals surface area contributed by atoms with Gasteiger partial charge in [-0.25, -0.2) is 12.8 Å². The molecule has 4 rings (SSSR count). The van der Waals surface area contributed by atoms with E-state index < -0.39 is 34.3 Å². The normalized spacial score (nSPS) is 12.5. The summed E-state index contributed by atoms with van der Waals surface area (Å²) in [6.45, 7) is 3.09. The molecule has 0 fully saturated rings. The molecule has 0 saturated heterocycles. The number of hydrogen-bond acceptors (Lipinski definition) is 5. The molecule has 0 bridgehead atoms. The number of ether oxygens (including phenoxy) is 1. The molecule has 0 spiro atoms. The zero-order valence-electron chi connectivity index (χ0n) is 25.9. The maximum Gasteiger partial charge on any atom is 0.264 e. The van der Waals surface area contributed by atoms with E-state index in [2.05, 4.69) is 5.32 Å². The third-order valence-corrected chi connectivity index (χ3v) is 9.58. The Balaban J connectivity index is 1.80. The largest absolute Gasteiger partial charge is 0.497 e. The topological polar surface area (TPSA) is 96.0 Å². The summed E-state index contributed by atoms with van der Waals surface area (Å²) in [5.41, 5.74) is 1.54. The minimum absolute atomic E-state index is 0.0680. The van der Waals surface area contributed by atoms with Gasteiger partial charge in [0, 0.05) is 24.0 Å². The summed E-state index contributed by atoms with van der Waals surface area (Å²) in [4.78, 5) is 29.6. The Morgan fingerprint density at radius 3 is 2.20 bits per heavy atom. The van der Waals surface area contributed by atoms with Gasteiger partial charge in [-0.05, 0) is 79.1 Å². The van der Waals surface area contributed by atoms with E-state index in [1.807, 2.05) is 44.2 Å². The van der Waals surface area contributed by atoms with Gasteiger partial charge in [0.05, 0.1) is 17.7 Å². The van der Waals surface area contributed by atoms with Crippen molar-refractivity contribution in [1.29, 1.82) is 0 Å². The third kappa shape index (κ3) is 8.86. The van der Waals surface area contributed by atoms with Crippen LogP contribution in [0.4, 0.5) is 10.1 Å². The molecule has 0 aliphatic rings. The third-order valence-electron chi connectivity index (χ3n) is 7.56. The van der Waals surface area contributed by atoms with Crippen molar-refractivity contribution in [2.75, 3.05) is 18.0 Å². The summed E-state index contributed by atoms with van der Waals surface area (Å²) >= 11 is 6.27. The molecule has 0 saturated carbocycles. The quantitative estimate of drug-likeness (QED) is 0.172. The average molecular weight is 666 g/mol. The number of benzene rings is 4. The molecule has 1 N–H and O–H groups in total. The van der Waals surface area contributed by atoms with Crippen LogP contribution in [0.5, 0.6) is 5.75 Å². The first-order valence-corrected chi connectivity index (χ1v) is 16.6. The van der Waals surface area contributed by atoms with E-state index in [4.69, 9.17) is 16.3 Å². The Bertz CT molecular complexity index is 1720. The highest BCUT2D eigenvalue weighted by atomic mass is 35.5. The Morgan fingerprint density at radius 2 is 1.59 bits per heavy atom. The summed E-state index contributed by atoms with van der Waals surface area (Å²) in [6.07, 6.45) is 0.830. The van der Waals surface area contributed by atoms with Gasteiger partial charge in [-0.3, -0.25) is 13.9 Å². The number of halogens is 2. The maximum atomic E-state index is 14.5. The molecule has 0 heterocycles. The van der Waals surface area contributed by atoms with Gasteiger partial charge in [-0.2, -0.15) is 0 Å². The standard InChI is InChI=1S/C35H37ClFN3O5S/c1-4-25(2)38-35(42)33(21-26-9-6-5-7-10-26)39(23-27-13-15-29(37)16-14-27)34(41)24-40(30-12-8-11-28(36)22-30)46(43,44)32-19-17-31(45-3)18-20-32/h5-20,22,25,33H,4,21,23-24H2,1-3H3,(H,38,42)/t25-,33-/m0/s1. The molecular formula is C35H37ClFN3O5S. The highest BCUT2D eigenvalue weighted by Gasteiger charge is 2.35. The lowest BCUT2D eigenvalue weighted by atomic mass is 10.0. The molecule has 0 unspecified atom stereocenters. The molecule has 0 aliphatic heterocycles. The monoisotopic (exact) mass is 665 g/mol. The van der Waals surface area contributed by atoms with E-state index in [1.165, 1.54) is 66.6 Å². The molecule has 8 nitrogen and oxygen atoms in total. The maximum absolute atomic E-state index is 14.5. The SMILES string of the molecule is CC[C@H](C)NC(=O)[C@H](Cc1ccccc1)N(Cc1ccc(F)cc1)C(=O)CN(c1cccc(Cl)c1)S(=O)(=O)c1ccc(OC)cc1. The fraction of sp³-hybridized carbons (Fsp3) is 0.257. The van der Waals surface area contributed by atoms with E-state index in [1.54, 1.807) is 18.2 Å². The van der Waals surface area contributed by atoms with Crippen LogP contribution in [-0.4, -0.2) is 50.9 Å². The van der Waals surface area contributed by atoms with Crippen molar-refractivity contribution in [1.82, 2.24) is 10.2 Å². The molecule has 11 heteroatoms. The van der Waals surface area contributed by atoms with Crippen LogP contribution in [0, 0.1) is 5.82 Å². The summed E-state index contributed by atoms with van der Waals surface area (Å²) in [5, 5.41) is 3.26. The van der Waals surface area contributed by atoms with Crippen LogP contribution in [0.25, 0.3) is 0 Å². The van der Waals surface area contributed by atoms with E-state index >= 15 is 0 Å².